The van der Waals surface area contributed by atoms with Gasteiger partial charge >= 0.3 is 0 Å². The van der Waals surface area contributed by atoms with Gasteiger partial charge in [-0.25, -0.2) is 13.1 Å². The predicted octanol–water partition coefficient (Wildman–Crippen LogP) is 1.14. The molecule has 0 bridgehead atoms. The fraction of sp³-hybridized carbons (Fsp3) is 0.308. The summed E-state index contributed by atoms with van der Waals surface area (Å²) in [6, 6.07) is 6.63. The number of nitrogen functional groups attached to an aromatic ring is 1. The maximum absolute atomic E-state index is 12.1. The zero-order valence-corrected chi connectivity index (χ0v) is 12.1. The van der Waals surface area contributed by atoms with E-state index in [2.05, 4.69) is 9.82 Å². The molecular formula is C13H18N4O2S. The summed E-state index contributed by atoms with van der Waals surface area (Å²) in [5.74, 6) is 0. The van der Waals surface area contributed by atoms with Crippen LogP contribution in [0.5, 0.6) is 0 Å². The number of nitrogens with zero attached hydrogens (tertiary/aromatic N) is 2. The molecule has 0 unspecified atom stereocenters. The third-order valence-electron chi connectivity index (χ3n) is 2.80. The number of benzene rings is 1. The number of hydrogen-bond acceptors (Lipinski definition) is 4. The highest BCUT2D eigenvalue weighted by atomic mass is 32.2. The summed E-state index contributed by atoms with van der Waals surface area (Å²) in [5, 5.41) is 4.05. The van der Waals surface area contributed by atoms with Crippen molar-refractivity contribution in [2.75, 3.05) is 12.3 Å². The Labute approximate surface area is 118 Å². The average molecular weight is 294 g/mol. The van der Waals surface area contributed by atoms with Crippen molar-refractivity contribution >= 4 is 15.7 Å². The van der Waals surface area contributed by atoms with Gasteiger partial charge in [0.15, 0.2) is 0 Å². The number of hydrogen-bond donors (Lipinski definition) is 2. The Bertz CT molecular complexity index is 645. The number of rotatable bonds is 6. The van der Waals surface area contributed by atoms with Crippen LogP contribution in [0, 0.1) is 6.92 Å². The van der Waals surface area contributed by atoms with Crippen molar-refractivity contribution < 1.29 is 8.42 Å². The first-order valence-electron chi connectivity index (χ1n) is 6.32. The molecule has 0 saturated heterocycles. The van der Waals surface area contributed by atoms with Gasteiger partial charge < -0.3 is 5.73 Å². The van der Waals surface area contributed by atoms with Gasteiger partial charge in [-0.05, 0) is 43.2 Å². The van der Waals surface area contributed by atoms with E-state index in [1.807, 2.05) is 19.2 Å². The van der Waals surface area contributed by atoms with Gasteiger partial charge in [-0.15, -0.1) is 0 Å². The van der Waals surface area contributed by atoms with Crippen LogP contribution in [0.1, 0.15) is 12.0 Å². The normalized spacial score (nSPS) is 11.7. The van der Waals surface area contributed by atoms with Gasteiger partial charge in [-0.3, -0.25) is 4.68 Å². The molecule has 0 aliphatic rings. The van der Waals surface area contributed by atoms with E-state index in [0.29, 0.717) is 25.2 Å². The van der Waals surface area contributed by atoms with Gasteiger partial charge in [-0.2, -0.15) is 5.10 Å². The molecule has 6 nitrogen and oxygen atoms in total. The second-order valence-electron chi connectivity index (χ2n) is 4.60. The molecule has 2 aromatic rings. The maximum Gasteiger partial charge on any atom is 0.240 e. The minimum atomic E-state index is -3.51. The molecule has 0 aliphatic heterocycles. The molecule has 20 heavy (non-hydrogen) atoms. The van der Waals surface area contributed by atoms with Crippen molar-refractivity contribution in [2.45, 2.75) is 24.8 Å². The molecule has 1 aromatic carbocycles. The van der Waals surface area contributed by atoms with Crippen LogP contribution in [0.2, 0.25) is 0 Å². The summed E-state index contributed by atoms with van der Waals surface area (Å²) >= 11 is 0. The van der Waals surface area contributed by atoms with E-state index in [4.69, 9.17) is 5.73 Å². The number of aryl methyl sites for hydroxylation is 2. The first-order chi connectivity index (χ1) is 9.47. The lowest BCUT2D eigenvalue weighted by molar-refractivity contribution is 0.553. The molecule has 0 saturated carbocycles. The van der Waals surface area contributed by atoms with Crippen LogP contribution in [0.25, 0.3) is 0 Å². The van der Waals surface area contributed by atoms with Crippen LogP contribution in [-0.4, -0.2) is 24.7 Å². The molecule has 0 atom stereocenters. The first kappa shape index (κ1) is 14.5. The highest BCUT2D eigenvalue weighted by Gasteiger charge is 2.14. The Morgan fingerprint density at radius 2 is 2.15 bits per heavy atom. The van der Waals surface area contributed by atoms with Gasteiger partial charge in [0, 0.05) is 31.2 Å². The van der Waals surface area contributed by atoms with Crippen LogP contribution in [0.4, 0.5) is 5.69 Å². The quantitative estimate of drug-likeness (QED) is 0.617. The smallest absolute Gasteiger partial charge is 0.240 e. The number of aromatic nitrogens is 2. The second kappa shape index (κ2) is 6.06. The Morgan fingerprint density at radius 3 is 2.80 bits per heavy atom. The molecule has 3 N–H and O–H groups in total. The largest absolute Gasteiger partial charge is 0.399 e. The lowest BCUT2D eigenvalue weighted by Crippen LogP contribution is -2.25. The topological polar surface area (TPSA) is 90.0 Å². The zero-order chi connectivity index (χ0) is 14.6. The number of nitrogens with two attached hydrogens (primary N) is 1. The molecule has 0 spiro atoms. The standard InChI is InChI=1S/C13H18N4O2S/c1-11-8-12(14)10-13(9-11)20(18,19)16-5-3-7-17-6-2-4-15-17/h2,4,6,8-10,16H,3,5,7,14H2,1H3. The van der Waals surface area contributed by atoms with E-state index in [0.717, 1.165) is 5.56 Å². The Balaban J connectivity index is 1.93. The highest BCUT2D eigenvalue weighted by molar-refractivity contribution is 7.89. The number of nitrogens with one attached hydrogen (secondary N) is 1. The summed E-state index contributed by atoms with van der Waals surface area (Å²) in [6.45, 7) is 2.84. The third-order valence-corrected chi connectivity index (χ3v) is 4.24. The van der Waals surface area contributed by atoms with Crippen molar-refractivity contribution in [1.29, 1.82) is 0 Å². The van der Waals surface area contributed by atoms with E-state index >= 15 is 0 Å². The summed E-state index contributed by atoms with van der Waals surface area (Å²) in [6.07, 6.45) is 4.21. The fourth-order valence-electron chi connectivity index (χ4n) is 1.90. The molecule has 7 heteroatoms. The summed E-state index contributed by atoms with van der Waals surface area (Å²) < 4.78 is 28.5. The summed E-state index contributed by atoms with van der Waals surface area (Å²) in [7, 11) is -3.51. The lowest BCUT2D eigenvalue weighted by Gasteiger charge is -2.08. The highest BCUT2D eigenvalue weighted by Crippen LogP contribution is 2.15. The second-order valence-corrected chi connectivity index (χ2v) is 6.37. The molecule has 0 radical (unpaired) electrons. The van der Waals surface area contributed by atoms with Crippen LogP contribution < -0.4 is 10.5 Å². The van der Waals surface area contributed by atoms with Crippen LogP contribution >= 0.6 is 0 Å². The monoisotopic (exact) mass is 294 g/mol. The summed E-state index contributed by atoms with van der Waals surface area (Å²) in [4.78, 5) is 0.203. The minimum Gasteiger partial charge on any atom is -0.399 e. The SMILES string of the molecule is Cc1cc(N)cc(S(=O)(=O)NCCCn2cccn2)c1. The molecule has 0 amide bonds. The van der Waals surface area contributed by atoms with E-state index in [-0.39, 0.29) is 4.90 Å². The van der Waals surface area contributed by atoms with E-state index in [1.54, 1.807) is 23.0 Å². The van der Waals surface area contributed by atoms with Gasteiger partial charge in [0.05, 0.1) is 4.90 Å². The molecule has 1 heterocycles. The molecule has 108 valence electrons. The molecule has 2 rings (SSSR count). The Hall–Kier alpha value is -1.86. The number of sulfonamides is 1. The minimum absolute atomic E-state index is 0.203. The Kier molecular flexibility index (Phi) is 4.41. The lowest BCUT2D eigenvalue weighted by atomic mass is 10.2. The molecular weight excluding hydrogens is 276 g/mol. The van der Waals surface area contributed by atoms with Gasteiger partial charge in [0.2, 0.25) is 10.0 Å². The maximum atomic E-state index is 12.1. The van der Waals surface area contributed by atoms with Gasteiger partial charge in [0.25, 0.3) is 0 Å². The van der Waals surface area contributed by atoms with Gasteiger partial charge in [-0.1, -0.05) is 0 Å². The van der Waals surface area contributed by atoms with Crippen LogP contribution in [-0.2, 0) is 16.6 Å². The predicted molar refractivity (Wildman–Crippen MR) is 77.6 cm³/mol. The van der Waals surface area contributed by atoms with Crippen molar-refractivity contribution in [1.82, 2.24) is 14.5 Å². The number of anilines is 1. The summed E-state index contributed by atoms with van der Waals surface area (Å²) in [5.41, 5.74) is 6.94. The van der Waals surface area contributed by atoms with Crippen molar-refractivity contribution in [2.24, 2.45) is 0 Å². The van der Waals surface area contributed by atoms with Gasteiger partial charge in [0.1, 0.15) is 0 Å². The zero-order valence-electron chi connectivity index (χ0n) is 11.3. The van der Waals surface area contributed by atoms with Crippen molar-refractivity contribution in [3.05, 3.63) is 42.2 Å². The molecule has 1 aromatic heterocycles. The van der Waals surface area contributed by atoms with E-state index in [1.165, 1.54) is 6.07 Å². The molecule has 0 fully saturated rings. The average Bonchev–Trinajstić information content (AvgIpc) is 2.86. The fourth-order valence-corrected chi connectivity index (χ4v) is 3.11. The van der Waals surface area contributed by atoms with Crippen LogP contribution in [0.3, 0.4) is 0 Å². The Morgan fingerprint density at radius 1 is 1.35 bits per heavy atom. The van der Waals surface area contributed by atoms with Crippen molar-refractivity contribution in [3.8, 4) is 0 Å². The van der Waals surface area contributed by atoms with Crippen LogP contribution in [0.15, 0.2) is 41.6 Å². The first-order valence-corrected chi connectivity index (χ1v) is 7.80. The third kappa shape index (κ3) is 3.82. The van der Waals surface area contributed by atoms with E-state index < -0.39 is 10.0 Å². The molecule has 0 aliphatic carbocycles. The van der Waals surface area contributed by atoms with E-state index in [9.17, 15) is 8.42 Å². The van der Waals surface area contributed by atoms with Crippen molar-refractivity contribution in [3.63, 3.8) is 0 Å².